The Morgan fingerprint density at radius 2 is 1.71 bits per heavy atom. The van der Waals surface area contributed by atoms with Crippen LogP contribution in [0.15, 0.2) is 77.9 Å². The Kier molecular flexibility index (Phi) is 3.45. The molecule has 2 aromatic carbocycles. The Morgan fingerprint density at radius 3 is 2.50 bits per heavy atom. The number of aliphatic imine (C=N–C) groups is 1. The third kappa shape index (κ3) is 2.21. The molecule has 0 amide bonds. The lowest BCUT2D eigenvalue weighted by molar-refractivity contribution is -0.382. The average Bonchev–Trinajstić information content (AvgIpc) is 3.23. The Bertz CT molecular complexity index is 1300. The number of hydrogen-bond donors (Lipinski definition) is 1. The van der Waals surface area contributed by atoms with Gasteiger partial charge in [-0.3, -0.25) is 14.2 Å². The average molecular weight is 368 g/mol. The molecule has 0 saturated carbocycles. The molecule has 3 heterocycles. The Morgan fingerprint density at radius 1 is 0.964 bits per heavy atom. The molecule has 0 bridgehead atoms. The summed E-state index contributed by atoms with van der Waals surface area (Å²) >= 11 is 0. The minimum Gasteiger partial charge on any atom is -0.505 e. The highest BCUT2D eigenvalue weighted by Crippen LogP contribution is 2.37. The van der Waals surface area contributed by atoms with Gasteiger partial charge in [0.25, 0.3) is 5.69 Å². The molecule has 28 heavy (non-hydrogen) atoms. The molecule has 0 spiro atoms. The number of nitrogens with zero attached hydrogens (tertiary/aromatic N) is 2. The first-order chi connectivity index (χ1) is 13.7. The van der Waals surface area contributed by atoms with E-state index < -0.39 is 5.91 Å². The largest absolute Gasteiger partial charge is 0.505 e. The highest BCUT2D eigenvalue weighted by Gasteiger charge is 2.34. The van der Waals surface area contributed by atoms with Crippen molar-refractivity contribution in [3.05, 3.63) is 89.9 Å². The van der Waals surface area contributed by atoms with Gasteiger partial charge in [0.1, 0.15) is 11.4 Å². The summed E-state index contributed by atoms with van der Waals surface area (Å²) in [5, 5.41) is 11.4. The van der Waals surface area contributed by atoms with Crippen molar-refractivity contribution in [1.82, 2.24) is 4.57 Å². The predicted molar refractivity (Wildman–Crippen MR) is 103 cm³/mol. The number of aromatic hydroxyl groups is 1. The number of H-pyrrole nitrogens is 1. The van der Waals surface area contributed by atoms with E-state index in [1.165, 1.54) is 4.57 Å². The molecule has 0 atom stereocenters. The maximum Gasteiger partial charge on any atom is 0.327 e. The van der Waals surface area contributed by atoms with E-state index in [2.05, 4.69) is 9.98 Å². The van der Waals surface area contributed by atoms with Gasteiger partial charge in [-0.05, 0) is 30.3 Å². The van der Waals surface area contributed by atoms with E-state index in [4.69, 9.17) is 0 Å². The van der Waals surface area contributed by atoms with Crippen LogP contribution in [0.2, 0.25) is 0 Å². The Hall–Kier alpha value is -4.06. The molecule has 0 aliphatic carbocycles. The smallest absolute Gasteiger partial charge is 0.327 e. The van der Waals surface area contributed by atoms with E-state index in [-0.39, 0.29) is 22.9 Å². The Labute approximate surface area is 159 Å². The van der Waals surface area contributed by atoms with Crippen LogP contribution < -0.4 is 4.98 Å². The summed E-state index contributed by atoms with van der Waals surface area (Å²) < 4.78 is 1.35. The van der Waals surface area contributed by atoms with Crippen LogP contribution in [0, 0.1) is 0 Å². The first-order valence-corrected chi connectivity index (χ1v) is 8.73. The second-order valence-electron chi connectivity index (χ2n) is 6.44. The lowest BCUT2D eigenvalue weighted by Gasteiger charge is -2.06. The number of aromatic nitrogens is 2. The number of fused-ring (bicyclic) bond motifs is 2. The zero-order chi connectivity index (χ0) is 19.3. The fraction of sp³-hybridized carbons (Fsp3) is 0. The van der Waals surface area contributed by atoms with Gasteiger partial charge in [0.15, 0.2) is 11.9 Å². The van der Waals surface area contributed by atoms with Crippen LogP contribution in [-0.2, 0) is 0 Å². The number of benzene rings is 2. The van der Waals surface area contributed by atoms with Crippen LogP contribution in [0.1, 0.15) is 26.5 Å². The van der Waals surface area contributed by atoms with Crippen LogP contribution in [0.4, 0.5) is 5.69 Å². The van der Waals surface area contributed by atoms with Crippen molar-refractivity contribution in [2.75, 3.05) is 0 Å². The first-order valence-electron chi connectivity index (χ1n) is 8.73. The molecule has 5 rings (SSSR count). The van der Waals surface area contributed by atoms with Crippen molar-refractivity contribution in [2.24, 2.45) is 4.99 Å². The predicted octanol–water partition coefficient (Wildman–Crippen LogP) is 3.17. The molecule has 134 valence electrons. The van der Waals surface area contributed by atoms with Gasteiger partial charge < -0.3 is 5.11 Å². The monoisotopic (exact) mass is 368 g/mol. The molecule has 6 heteroatoms. The number of aromatic amines is 1. The van der Waals surface area contributed by atoms with Crippen molar-refractivity contribution < 1.29 is 19.7 Å². The fourth-order valence-corrected chi connectivity index (χ4v) is 3.52. The van der Waals surface area contributed by atoms with E-state index >= 15 is 0 Å². The second kappa shape index (κ2) is 5.99. The summed E-state index contributed by atoms with van der Waals surface area (Å²) in [6.07, 6.45) is 1.65. The number of carbonyl (C=O) groups excluding carboxylic acids is 2. The Balaban J connectivity index is 1.80. The molecule has 0 saturated heterocycles. The van der Waals surface area contributed by atoms with E-state index in [9.17, 15) is 14.7 Å². The van der Waals surface area contributed by atoms with Crippen LogP contribution in [0.5, 0.6) is 5.75 Å². The van der Waals surface area contributed by atoms with Crippen molar-refractivity contribution in [3.8, 4) is 5.75 Å². The minimum absolute atomic E-state index is 0.0548. The van der Waals surface area contributed by atoms with E-state index in [0.717, 1.165) is 0 Å². The van der Waals surface area contributed by atoms with Crippen LogP contribution in [0.25, 0.3) is 10.9 Å². The maximum absolute atomic E-state index is 13.3. The molecule has 4 aromatic rings. The number of para-hydroxylation sites is 2. The lowest BCUT2D eigenvalue weighted by Crippen LogP contribution is -2.26. The molecule has 0 radical (unpaired) electrons. The summed E-state index contributed by atoms with van der Waals surface area (Å²) in [6, 6.07) is 19.1. The molecular weight excluding hydrogens is 354 g/mol. The quantitative estimate of drug-likeness (QED) is 0.590. The van der Waals surface area contributed by atoms with Gasteiger partial charge >= 0.3 is 5.91 Å². The molecule has 2 N–H and O–H groups in total. The molecule has 1 aliphatic rings. The van der Waals surface area contributed by atoms with Gasteiger partial charge in [0.05, 0.1) is 11.2 Å². The number of pyridine rings is 1. The fourth-order valence-electron chi connectivity index (χ4n) is 3.52. The molecular formula is C22H14N3O3+. The third-order valence-electron chi connectivity index (χ3n) is 4.81. The van der Waals surface area contributed by atoms with Gasteiger partial charge in [-0.1, -0.05) is 24.3 Å². The van der Waals surface area contributed by atoms with Crippen LogP contribution in [-0.4, -0.2) is 27.1 Å². The van der Waals surface area contributed by atoms with Crippen molar-refractivity contribution in [1.29, 1.82) is 0 Å². The van der Waals surface area contributed by atoms with Crippen molar-refractivity contribution in [2.45, 2.75) is 0 Å². The van der Waals surface area contributed by atoms with Gasteiger partial charge in [0, 0.05) is 23.1 Å². The summed E-state index contributed by atoms with van der Waals surface area (Å²) in [5.41, 5.74) is 1.96. The first kappa shape index (κ1) is 16.1. The van der Waals surface area contributed by atoms with Crippen molar-refractivity contribution >= 4 is 34.0 Å². The highest BCUT2D eigenvalue weighted by molar-refractivity contribution is 6.55. The number of rotatable bonds is 2. The SMILES string of the molecule is O=C1C(c2c(O)c3ccccc3n2C(=O)c2cccc[nH+]2)=Nc2ccccc21. The minimum atomic E-state index is -0.390. The summed E-state index contributed by atoms with van der Waals surface area (Å²) in [6.45, 7) is 0. The number of hydrogen-bond acceptors (Lipinski definition) is 4. The third-order valence-corrected chi connectivity index (χ3v) is 4.81. The number of nitrogens with one attached hydrogen (secondary N) is 1. The molecule has 0 fully saturated rings. The number of carbonyl (C=O) groups is 2. The lowest BCUT2D eigenvalue weighted by atomic mass is 10.1. The zero-order valence-corrected chi connectivity index (χ0v) is 14.6. The normalized spacial score (nSPS) is 12.9. The van der Waals surface area contributed by atoms with Gasteiger partial charge in [-0.2, -0.15) is 0 Å². The second-order valence-corrected chi connectivity index (χ2v) is 6.44. The standard InChI is InChI=1S/C22H13N3O3/c26-20-13-7-1-3-9-15(13)24-18(20)19-21(27)14-8-2-4-11-17(14)25(19)22(28)16-10-5-6-12-23-16/h1-12,27H/p+1. The zero-order valence-electron chi connectivity index (χ0n) is 14.6. The molecule has 1 aliphatic heterocycles. The maximum atomic E-state index is 13.3. The van der Waals surface area contributed by atoms with Gasteiger partial charge in [-0.25, -0.2) is 9.98 Å². The van der Waals surface area contributed by atoms with E-state index in [1.807, 2.05) is 0 Å². The van der Waals surface area contributed by atoms with Crippen molar-refractivity contribution in [3.63, 3.8) is 0 Å². The summed E-state index contributed by atoms with van der Waals surface area (Å²) in [5.74, 6) is -0.849. The topological polar surface area (TPSA) is 85.8 Å². The van der Waals surface area contributed by atoms with Crippen LogP contribution >= 0.6 is 0 Å². The molecule has 0 unspecified atom stereocenters. The van der Waals surface area contributed by atoms with Gasteiger partial charge in [0.2, 0.25) is 5.78 Å². The number of ketones is 1. The summed E-state index contributed by atoms with van der Waals surface area (Å²) in [7, 11) is 0. The highest BCUT2D eigenvalue weighted by atomic mass is 16.3. The van der Waals surface area contributed by atoms with Crippen LogP contribution in [0.3, 0.4) is 0 Å². The summed E-state index contributed by atoms with van der Waals surface area (Å²) in [4.78, 5) is 33.6. The molecule has 2 aromatic heterocycles. The molecule has 6 nitrogen and oxygen atoms in total. The van der Waals surface area contributed by atoms with Gasteiger partial charge in [-0.15, -0.1) is 0 Å². The van der Waals surface area contributed by atoms with E-state index in [0.29, 0.717) is 27.8 Å². The number of Topliss-reactive ketones (excluding diaryl/α,β-unsaturated/α-hetero) is 1. The van der Waals surface area contributed by atoms with E-state index in [1.54, 1.807) is 72.9 Å².